The Bertz CT molecular complexity index is 409. The highest BCUT2D eigenvalue weighted by atomic mass is 32.2. The van der Waals surface area contributed by atoms with Gasteiger partial charge in [-0.2, -0.15) is 0 Å². The van der Waals surface area contributed by atoms with Crippen LogP contribution in [0, 0.1) is 0 Å². The number of hydrogen-bond donors (Lipinski definition) is 2. The number of hydrogen-bond acceptors (Lipinski definition) is 6. The van der Waals surface area contributed by atoms with E-state index in [1.165, 1.54) is 11.8 Å². The van der Waals surface area contributed by atoms with E-state index in [-0.39, 0.29) is 0 Å². The summed E-state index contributed by atoms with van der Waals surface area (Å²) in [4.78, 5) is 8.77. The van der Waals surface area contributed by atoms with Crippen molar-refractivity contribution in [2.45, 2.75) is 24.0 Å². The second-order valence-electron chi connectivity index (χ2n) is 4.14. The Morgan fingerprint density at radius 3 is 2.61 bits per heavy atom. The Hall–Kier alpha value is -0.820. The molecule has 1 saturated heterocycles. The summed E-state index contributed by atoms with van der Waals surface area (Å²) in [7, 11) is 1.23. The second kappa shape index (κ2) is 6.38. The monoisotopic (exact) mass is 286 g/mol. The molecule has 0 aromatic carbocycles. The van der Waals surface area contributed by atoms with Gasteiger partial charge in [-0.3, -0.25) is 4.21 Å². The first-order valence-electron chi connectivity index (χ1n) is 5.93. The Morgan fingerprint density at radius 2 is 2.00 bits per heavy atom. The number of rotatable bonds is 4. The molecule has 0 bridgehead atoms. The first kappa shape index (κ1) is 13.6. The molecule has 2 heterocycles. The van der Waals surface area contributed by atoms with Crippen LogP contribution >= 0.6 is 11.8 Å². The van der Waals surface area contributed by atoms with E-state index in [9.17, 15) is 4.21 Å². The normalized spacial score (nSPS) is 23.7. The Balaban J connectivity index is 2.06. The average Bonchev–Trinajstić information content (AvgIpc) is 2.41. The highest BCUT2D eigenvalue weighted by molar-refractivity contribution is 7.98. The fourth-order valence-electron chi connectivity index (χ4n) is 1.87. The van der Waals surface area contributed by atoms with Gasteiger partial charge in [0.1, 0.15) is 11.6 Å². The van der Waals surface area contributed by atoms with Crippen LogP contribution in [0.4, 0.5) is 11.6 Å². The maximum Gasteiger partial charge on any atom is 0.191 e. The number of nitrogens with zero attached hydrogens (tertiary/aromatic N) is 2. The van der Waals surface area contributed by atoms with Crippen molar-refractivity contribution in [3.8, 4) is 0 Å². The summed E-state index contributed by atoms with van der Waals surface area (Å²) < 4.78 is 11.3. The molecule has 0 radical (unpaired) electrons. The quantitative estimate of drug-likeness (QED) is 0.647. The van der Waals surface area contributed by atoms with Crippen LogP contribution in [0.1, 0.15) is 12.8 Å². The standard InChI is InChI=1S/C11H18N4OS2/c1-12-9-7-10(15-11(14-9)17-2)13-8-3-5-18(16)6-4-8/h7-8H,3-6H2,1-2H3,(H2,12,13,14,15). The third-order valence-corrected chi connectivity index (χ3v) is 4.81. The van der Waals surface area contributed by atoms with Crippen LogP contribution in [-0.2, 0) is 10.8 Å². The molecule has 2 rings (SSSR count). The minimum Gasteiger partial charge on any atom is -0.373 e. The predicted octanol–water partition coefficient (Wildman–Crippen LogP) is 1.56. The van der Waals surface area contributed by atoms with Crippen molar-refractivity contribution in [1.82, 2.24) is 9.97 Å². The summed E-state index contributed by atoms with van der Waals surface area (Å²) in [5.41, 5.74) is 0. The maximum absolute atomic E-state index is 11.3. The lowest BCUT2D eigenvalue weighted by atomic mass is 10.1. The fraction of sp³-hybridized carbons (Fsp3) is 0.636. The van der Waals surface area contributed by atoms with Gasteiger partial charge in [0.15, 0.2) is 5.16 Å². The van der Waals surface area contributed by atoms with E-state index in [4.69, 9.17) is 0 Å². The molecule has 0 saturated carbocycles. The van der Waals surface area contributed by atoms with E-state index in [0.717, 1.165) is 41.1 Å². The van der Waals surface area contributed by atoms with Gasteiger partial charge in [0.25, 0.3) is 0 Å². The van der Waals surface area contributed by atoms with Crippen molar-refractivity contribution in [2.75, 3.05) is 35.4 Å². The van der Waals surface area contributed by atoms with Gasteiger partial charge in [-0.1, -0.05) is 11.8 Å². The summed E-state index contributed by atoms with van der Waals surface area (Å²) in [6, 6.07) is 2.28. The molecule has 1 aliphatic heterocycles. The maximum atomic E-state index is 11.3. The molecule has 0 aliphatic carbocycles. The summed E-state index contributed by atoms with van der Waals surface area (Å²) in [6.45, 7) is 0. The third kappa shape index (κ3) is 3.58. The van der Waals surface area contributed by atoms with Gasteiger partial charge in [-0.05, 0) is 19.1 Å². The van der Waals surface area contributed by atoms with E-state index in [1.54, 1.807) is 0 Å². The lowest BCUT2D eigenvalue weighted by Crippen LogP contribution is -2.29. The van der Waals surface area contributed by atoms with E-state index in [0.29, 0.717) is 6.04 Å². The zero-order valence-corrected chi connectivity index (χ0v) is 12.2. The van der Waals surface area contributed by atoms with Gasteiger partial charge < -0.3 is 10.6 Å². The fourth-order valence-corrected chi connectivity index (χ4v) is 3.54. The van der Waals surface area contributed by atoms with E-state index in [1.807, 2.05) is 19.4 Å². The SMILES string of the molecule is CNc1cc(NC2CCS(=O)CC2)nc(SC)n1. The molecule has 1 aliphatic rings. The molecule has 0 unspecified atom stereocenters. The van der Waals surface area contributed by atoms with Crippen molar-refractivity contribution in [3.05, 3.63) is 6.07 Å². The molecule has 1 aromatic heterocycles. The smallest absolute Gasteiger partial charge is 0.191 e. The highest BCUT2D eigenvalue weighted by Gasteiger charge is 2.18. The molecule has 0 amide bonds. The summed E-state index contributed by atoms with van der Waals surface area (Å²) >= 11 is 1.52. The van der Waals surface area contributed by atoms with Crippen molar-refractivity contribution in [1.29, 1.82) is 0 Å². The van der Waals surface area contributed by atoms with Crippen molar-refractivity contribution in [3.63, 3.8) is 0 Å². The Kier molecular flexibility index (Phi) is 4.82. The molecule has 5 nitrogen and oxygen atoms in total. The van der Waals surface area contributed by atoms with Gasteiger partial charge >= 0.3 is 0 Å². The highest BCUT2D eigenvalue weighted by Crippen LogP contribution is 2.20. The van der Waals surface area contributed by atoms with Crippen molar-refractivity contribution < 1.29 is 4.21 Å². The summed E-state index contributed by atoms with van der Waals surface area (Å²) in [6.07, 6.45) is 3.85. The molecule has 18 heavy (non-hydrogen) atoms. The van der Waals surface area contributed by atoms with Gasteiger partial charge in [0, 0.05) is 41.5 Å². The Morgan fingerprint density at radius 1 is 1.33 bits per heavy atom. The molecule has 2 N–H and O–H groups in total. The Labute approximate surface area is 114 Å². The molecule has 0 spiro atoms. The summed E-state index contributed by atoms with van der Waals surface area (Å²) in [5.74, 6) is 3.24. The van der Waals surface area contributed by atoms with Crippen LogP contribution in [0.3, 0.4) is 0 Å². The van der Waals surface area contributed by atoms with E-state index >= 15 is 0 Å². The van der Waals surface area contributed by atoms with Crippen LogP contribution in [-0.4, -0.2) is 45.0 Å². The lowest BCUT2D eigenvalue weighted by molar-refractivity contribution is 0.621. The van der Waals surface area contributed by atoms with Crippen LogP contribution in [0.25, 0.3) is 0 Å². The number of aromatic nitrogens is 2. The van der Waals surface area contributed by atoms with Crippen LogP contribution in [0.5, 0.6) is 0 Å². The average molecular weight is 286 g/mol. The largest absolute Gasteiger partial charge is 0.373 e. The molecular formula is C11H18N4OS2. The molecule has 0 atom stereocenters. The minimum atomic E-state index is -0.620. The van der Waals surface area contributed by atoms with E-state index < -0.39 is 10.8 Å². The van der Waals surface area contributed by atoms with Gasteiger partial charge in [0.2, 0.25) is 0 Å². The minimum absolute atomic E-state index is 0.372. The molecule has 1 fully saturated rings. The predicted molar refractivity (Wildman–Crippen MR) is 77.9 cm³/mol. The number of thioether (sulfide) groups is 1. The lowest BCUT2D eigenvalue weighted by Gasteiger charge is -2.23. The van der Waals surface area contributed by atoms with Gasteiger partial charge in [0.05, 0.1) is 0 Å². The van der Waals surface area contributed by atoms with Crippen LogP contribution in [0.15, 0.2) is 11.2 Å². The molecule has 1 aromatic rings. The first-order valence-corrected chi connectivity index (χ1v) is 8.65. The molecule has 7 heteroatoms. The van der Waals surface area contributed by atoms with E-state index in [2.05, 4.69) is 20.6 Å². The molecule has 100 valence electrons. The van der Waals surface area contributed by atoms with Crippen molar-refractivity contribution in [2.24, 2.45) is 0 Å². The van der Waals surface area contributed by atoms with Gasteiger partial charge in [-0.15, -0.1) is 0 Å². The molecular weight excluding hydrogens is 268 g/mol. The number of anilines is 2. The van der Waals surface area contributed by atoms with Gasteiger partial charge in [-0.25, -0.2) is 9.97 Å². The second-order valence-corrected chi connectivity index (χ2v) is 6.61. The van der Waals surface area contributed by atoms with Crippen LogP contribution in [0.2, 0.25) is 0 Å². The number of nitrogens with one attached hydrogen (secondary N) is 2. The van der Waals surface area contributed by atoms with Crippen LogP contribution < -0.4 is 10.6 Å². The topological polar surface area (TPSA) is 66.9 Å². The first-order chi connectivity index (χ1) is 8.71. The zero-order chi connectivity index (χ0) is 13.0. The third-order valence-electron chi connectivity index (χ3n) is 2.88. The zero-order valence-electron chi connectivity index (χ0n) is 10.6. The van der Waals surface area contributed by atoms with Crippen molar-refractivity contribution >= 4 is 34.2 Å². The summed E-state index contributed by atoms with van der Waals surface area (Å²) in [5, 5.41) is 7.20.